The number of hydrogen-bond acceptors (Lipinski definition) is 4. The first-order valence-electron chi connectivity index (χ1n) is 7.65. The van der Waals surface area contributed by atoms with Crippen LogP contribution in [0.4, 0.5) is 5.69 Å². The molecule has 3 aromatic rings. The molecule has 1 heterocycles. The van der Waals surface area contributed by atoms with Gasteiger partial charge in [0.1, 0.15) is 0 Å². The number of nitro groups is 1. The zero-order valence-electron chi connectivity index (χ0n) is 13.3. The molecule has 1 amide bonds. The number of carbonyl (C=O) groups is 1. The third-order valence-electron chi connectivity index (χ3n) is 3.68. The van der Waals surface area contributed by atoms with E-state index in [0.29, 0.717) is 12.1 Å². The quantitative estimate of drug-likeness (QED) is 0.310. The van der Waals surface area contributed by atoms with Crippen LogP contribution >= 0.6 is 0 Å². The largest absolute Gasteiger partial charge is 0.273 e. The zero-order chi connectivity index (χ0) is 17.6. The van der Waals surface area contributed by atoms with Crippen LogP contribution in [0.2, 0.25) is 0 Å². The summed E-state index contributed by atoms with van der Waals surface area (Å²) in [4.78, 5) is 25.1. The minimum absolute atomic E-state index is 0.0111. The maximum atomic E-state index is 11.9. The predicted molar refractivity (Wildman–Crippen MR) is 91.9 cm³/mol. The summed E-state index contributed by atoms with van der Waals surface area (Å²) in [5, 5.41) is 14.4. The van der Waals surface area contributed by atoms with Crippen LogP contribution in [0.15, 0.2) is 60.0 Å². The molecule has 0 bridgehead atoms. The summed E-state index contributed by atoms with van der Waals surface area (Å²) in [6.07, 6.45) is 3.56. The van der Waals surface area contributed by atoms with Crippen molar-refractivity contribution in [2.75, 3.05) is 0 Å². The molecule has 0 unspecified atom stereocenters. The van der Waals surface area contributed by atoms with Gasteiger partial charge in [-0.25, -0.2) is 15.0 Å². The lowest BCUT2D eigenvalue weighted by Gasteiger charge is -1.99. The number of non-ortho nitro benzene ring substituents is 1. The van der Waals surface area contributed by atoms with Gasteiger partial charge < -0.3 is 0 Å². The molecule has 2 N–H and O–H groups in total. The van der Waals surface area contributed by atoms with E-state index in [-0.39, 0.29) is 18.0 Å². The van der Waals surface area contributed by atoms with Crippen LogP contribution in [-0.4, -0.2) is 22.0 Å². The van der Waals surface area contributed by atoms with Gasteiger partial charge in [0.25, 0.3) is 5.69 Å². The van der Waals surface area contributed by atoms with Gasteiger partial charge in [-0.3, -0.25) is 14.9 Å². The molecule has 2 aromatic carbocycles. The number of hydrazone groups is 1. The summed E-state index contributed by atoms with van der Waals surface area (Å²) in [5.41, 5.74) is 5.17. The third-order valence-corrected chi connectivity index (χ3v) is 3.68. The summed E-state index contributed by atoms with van der Waals surface area (Å²) in [5.74, 6) is -0.212. The van der Waals surface area contributed by atoms with Gasteiger partial charge in [-0.2, -0.15) is 5.10 Å². The highest BCUT2D eigenvalue weighted by molar-refractivity contribution is 5.82. The number of amides is 1. The molecule has 126 valence electrons. The van der Waals surface area contributed by atoms with Crippen LogP contribution in [0.25, 0.3) is 11.0 Å². The van der Waals surface area contributed by atoms with Gasteiger partial charge in [-0.1, -0.05) is 12.1 Å². The summed E-state index contributed by atoms with van der Waals surface area (Å²) in [6, 6.07) is 13.7. The van der Waals surface area contributed by atoms with Crippen LogP contribution in [0.1, 0.15) is 12.0 Å². The molecule has 8 nitrogen and oxygen atoms in total. The van der Waals surface area contributed by atoms with E-state index < -0.39 is 4.92 Å². The van der Waals surface area contributed by atoms with E-state index in [4.69, 9.17) is 0 Å². The van der Waals surface area contributed by atoms with E-state index in [1.807, 2.05) is 35.2 Å². The number of imidazole rings is 1. The van der Waals surface area contributed by atoms with Crippen molar-refractivity contribution in [3.8, 4) is 0 Å². The topological polar surface area (TPSA) is 104 Å². The first-order chi connectivity index (χ1) is 12.1. The first kappa shape index (κ1) is 16.3. The number of carbonyl (C=O) groups excluding carboxylic acids is 1. The maximum absolute atomic E-state index is 11.9. The minimum atomic E-state index is -0.467. The number of para-hydroxylation sites is 2. The van der Waals surface area contributed by atoms with Crippen molar-refractivity contribution in [1.29, 1.82) is 0 Å². The van der Waals surface area contributed by atoms with E-state index >= 15 is 0 Å². The highest BCUT2D eigenvalue weighted by Crippen LogP contribution is 2.10. The van der Waals surface area contributed by atoms with Crippen molar-refractivity contribution in [3.63, 3.8) is 0 Å². The fourth-order valence-corrected chi connectivity index (χ4v) is 2.39. The van der Waals surface area contributed by atoms with Gasteiger partial charge in [0.15, 0.2) is 11.0 Å². The average Bonchev–Trinajstić information content (AvgIpc) is 3.03. The van der Waals surface area contributed by atoms with Gasteiger partial charge in [-0.15, -0.1) is 0 Å². The molecule has 0 aliphatic heterocycles. The van der Waals surface area contributed by atoms with Crippen LogP contribution in [0.5, 0.6) is 0 Å². The van der Waals surface area contributed by atoms with Crippen molar-refractivity contribution in [2.45, 2.75) is 13.0 Å². The minimum Gasteiger partial charge on any atom is -0.273 e. The molecular weight excluding hydrogens is 322 g/mol. The van der Waals surface area contributed by atoms with Crippen molar-refractivity contribution in [3.05, 3.63) is 70.5 Å². The SMILES string of the molecule is O=C(CC[n+]1c[nH]c2ccccc21)NN=Cc1ccc([N+](=O)[O-])cc1. The Kier molecular flexibility index (Phi) is 4.79. The van der Waals surface area contributed by atoms with E-state index in [0.717, 1.165) is 11.0 Å². The molecule has 0 aliphatic carbocycles. The number of benzene rings is 2. The van der Waals surface area contributed by atoms with Crippen LogP contribution in [0, 0.1) is 10.1 Å². The molecule has 3 rings (SSSR count). The summed E-state index contributed by atoms with van der Waals surface area (Å²) >= 11 is 0. The number of hydrogen-bond donors (Lipinski definition) is 2. The number of aromatic amines is 1. The molecule has 25 heavy (non-hydrogen) atoms. The molecule has 1 aromatic heterocycles. The van der Waals surface area contributed by atoms with Crippen molar-refractivity contribution in [2.24, 2.45) is 5.10 Å². The molecule has 0 saturated carbocycles. The number of rotatable bonds is 6. The fraction of sp³-hybridized carbons (Fsp3) is 0.118. The monoisotopic (exact) mass is 338 g/mol. The van der Waals surface area contributed by atoms with Gasteiger partial charge in [0.2, 0.25) is 12.2 Å². The van der Waals surface area contributed by atoms with Crippen LogP contribution in [0.3, 0.4) is 0 Å². The van der Waals surface area contributed by atoms with Gasteiger partial charge in [0.05, 0.1) is 24.1 Å². The zero-order valence-corrected chi connectivity index (χ0v) is 13.3. The van der Waals surface area contributed by atoms with E-state index in [2.05, 4.69) is 15.5 Å². The Morgan fingerprint density at radius 3 is 2.76 bits per heavy atom. The van der Waals surface area contributed by atoms with Gasteiger partial charge in [0, 0.05) is 12.1 Å². The highest BCUT2D eigenvalue weighted by atomic mass is 16.6. The van der Waals surface area contributed by atoms with Gasteiger partial charge in [-0.05, 0) is 29.8 Å². The summed E-state index contributed by atoms with van der Waals surface area (Å²) in [6.45, 7) is 0.531. The number of aromatic nitrogens is 2. The fourth-order valence-electron chi connectivity index (χ4n) is 2.39. The Balaban J connectivity index is 1.51. The molecule has 0 fully saturated rings. The number of nitrogens with one attached hydrogen (secondary N) is 2. The van der Waals surface area contributed by atoms with E-state index in [9.17, 15) is 14.9 Å². The van der Waals surface area contributed by atoms with Crippen molar-refractivity contribution in [1.82, 2.24) is 10.4 Å². The molecular formula is C17H16N5O3+. The van der Waals surface area contributed by atoms with Crippen LogP contribution < -0.4 is 9.99 Å². The van der Waals surface area contributed by atoms with Crippen molar-refractivity contribution >= 4 is 28.8 Å². The second-order valence-corrected chi connectivity index (χ2v) is 5.38. The number of nitrogens with zero attached hydrogens (tertiary/aromatic N) is 3. The molecule has 0 saturated heterocycles. The Bertz CT molecular complexity index is 931. The van der Waals surface area contributed by atoms with E-state index in [1.54, 1.807) is 12.1 Å². The van der Waals surface area contributed by atoms with Crippen molar-refractivity contribution < 1.29 is 14.3 Å². The number of H-pyrrole nitrogens is 1. The lowest BCUT2D eigenvalue weighted by molar-refractivity contribution is -0.670. The lowest BCUT2D eigenvalue weighted by atomic mass is 10.2. The molecule has 0 spiro atoms. The van der Waals surface area contributed by atoms with Crippen LogP contribution in [-0.2, 0) is 11.3 Å². The molecule has 0 radical (unpaired) electrons. The number of nitro benzene ring substituents is 1. The number of fused-ring (bicyclic) bond motifs is 1. The molecule has 8 heteroatoms. The Labute approximate surface area is 142 Å². The second-order valence-electron chi connectivity index (χ2n) is 5.38. The summed E-state index contributed by atoms with van der Waals surface area (Å²) in [7, 11) is 0. The normalized spacial score (nSPS) is 11.0. The maximum Gasteiger partial charge on any atom is 0.269 e. The average molecular weight is 338 g/mol. The smallest absolute Gasteiger partial charge is 0.269 e. The summed E-state index contributed by atoms with van der Waals surface area (Å²) < 4.78 is 1.97. The predicted octanol–water partition coefficient (Wildman–Crippen LogP) is 1.90. The Morgan fingerprint density at radius 2 is 2.00 bits per heavy atom. The van der Waals surface area contributed by atoms with E-state index in [1.165, 1.54) is 18.3 Å². The lowest BCUT2D eigenvalue weighted by Crippen LogP contribution is -2.34. The first-order valence-corrected chi connectivity index (χ1v) is 7.65. The Morgan fingerprint density at radius 1 is 1.24 bits per heavy atom. The van der Waals surface area contributed by atoms with Gasteiger partial charge >= 0.3 is 0 Å². The standard InChI is InChI=1S/C17H15N5O3/c23-17(9-10-21-12-18-15-3-1-2-4-16(15)21)20-19-11-13-5-7-14(8-6-13)22(24)25/h1-8,11-12H,9-10H2,(H,20,23)/p+1. The third kappa shape index (κ3) is 4.05. The second kappa shape index (κ2) is 7.35. The molecule has 0 atom stereocenters. The number of aryl methyl sites for hydroxylation is 1. The highest BCUT2D eigenvalue weighted by Gasteiger charge is 2.10. The molecule has 0 aliphatic rings. The Hall–Kier alpha value is -3.55.